The molecule has 136 valence electrons. The van der Waals surface area contributed by atoms with Gasteiger partial charge in [-0.3, -0.25) is 4.79 Å². The van der Waals surface area contributed by atoms with E-state index in [9.17, 15) is 4.79 Å². The Morgan fingerprint density at radius 1 is 0.609 bits per heavy atom. The number of hydrogen-bond acceptors (Lipinski definition) is 3. The number of hydrogen-bond donors (Lipinski definition) is 1. The van der Waals surface area contributed by atoms with Crippen molar-refractivity contribution in [1.82, 2.24) is 0 Å². The average Bonchev–Trinajstić information content (AvgIpc) is 2.43. The van der Waals surface area contributed by atoms with Crippen molar-refractivity contribution < 1.29 is 20.9 Å². The zero-order valence-corrected chi connectivity index (χ0v) is 17.5. The summed E-state index contributed by atoms with van der Waals surface area (Å²) in [5.41, 5.74) is 0. The number of carboxylic acids is 1. The van der Waals surface area contributed by atoms with Crippen LogP contribution in [0.15, 0.2) is 0 Å². The van der Waals surface area contributed by atoms with Crippen LogP contribution in [0.2, 0.25) is 0 Å². The minimum absolute atomic E-state index is 0. The van der Waals surface area contributed by atoms with Crippen LogP contribution in [-0.4, -0.2) is 59.8 Å². The van der Waals surface area contributed by atoms with Crippen molar-refractivity contribution in [1.29, 1.82) is 0 Å². The molecule has 0 unspecified atom stereocenters. The molecule has 0 saturated heterocycles. The maximum atomic E-state index is 10.3. The van der Waals surface area contributed by atoms with Crippen molar-refractivity contribution in [3.8, 4) is 0 Å². The maximum absolute atomic E-state index is 10.3. The van der Waals surface area contributed by atoms with Gasteiger partial charge in [-0.15, -0.1) is 0 Å². The van der Waals surface area contributed by atoms with Gasteiger partial charge in [0.05, 0.1) is 0 Å². The summed E-state index contributed by atoms with van der Waals surface area (Å²) in [6, 6.07) is 0. The van der Waals surface area contributed by atoms with Gasteiger partial charge in [0, 0.05) is 6.42 Å². The fourth-order valence-corrected chi connectivity index (χ4v) is 2.65. The number of carbonyl (C=O) groups is 1. The smallest absolute Gasteiger partial charge is 0.870 e. The van der Waals surface area contributed by atoms with E-state index >= 15 is 0 Å². The van der Waals surface area contributed by atoms with Crippen molar-refractivity contribution in [3.05, 3.63) is 0 Å². The van der Waals surface area contributed by atoms with Crippen LogP contribution < -0.4 is 0 Å². The zero-order valence-electron chi connectivity index (χ0n) is 15.3. The average molecular weight is 359 g/mol. The molecule has 23 heavy (non-hydrogen) atoms. The number of aliphatic carboxylic acids is 1. The Kier molecular flexibility index (Phi) is 37.6. The van der Waals surface area contributed by atoms with Crippen molar-refractivity contribution in [2.75, 3.05) is 0 Å². The van der Waals surface area contributed by atoms with E-state index in [1.165, 1.54) is 83.5 Å². The molecule has 5 heteroatoms. The summed E-state index contributed by atoms with van der Waals surface area (Å²) >= 11 is 0. The Hall–Kier alpha value is 0.650. The van der Waals surface area contributed by atoms with E-state index < -0.39 is 5.97 Å². The van der Waals surface area contributed by atoms with E-state index in [-0.39, 0.29) is 48.7 Å². The van der Waals surface area contributed by atoms with Crippen LogP contribution in [0.5, 0.6) is 0 Å². The van der Waals surface area contributed by atoms with Crippen LogP contribution in [0.3, 0.4) is 0 Å². The molecule has 0 spiro atoms. The van der Waals surface area contributed by atoms with Crippen LogP contribution >= 0.6 is 0 Å². The number of rotatable bonds is 16. The topological polar surface area (TPSA) is 97.3 Å². The first-order valence-corrected chi connectivity index (χ1v) is 8.99. The summed E-state index contributed by atoms with van der Waals surface area (Å²) in [4.78, 5) is 10.3. The summed E-state index contributed by atoms with van der Waals surface area (Å²) < 4.78 is 0. The Balaban J connectivity index is -0.000000602. The largest absolute Gasteiger partial charge is 2.00 e. The first-order chi connectivity index (χ1) is 9.77. The van der Waals surface area contributed by atoms with Gasteiger partial charge < -0.3 is 16.1 Å². The van der Waals surface area contributed by atoms with Crippen molar-refractivity contribution in [2.24, 2.45) is 0 Å². The Labute approximate surface area is 173 Å². The Morgan fingerprint density at radius 3 is 1.13 bits per heavy atom. The van der Waals surface area contributed by atoms with Crippen LogP contribution in [0.1, 0.15) is 110 Å². The third kappa shape index (κ3) is 31.0. The second-order valence-corrected chi connectivity index (χ2v) is 6.09. The summed E-state index contributed by atoms with van der Waals surface area (Å²) in [5, 5.41) is 8.52. The van der Waals surface area contributed by atoms with Gasteiger partial charge in [0.2, 0.25) is 0 Å². The van der Waals surface area contributed by atoms with Gasteiger partial charge in [-0.2, -0.15) is 0 Å². The molecule has 0 fully saturated rings. The predicted octanol–water partition coefficient (Wildman–Crippen LogP) is 5.60. The third-order valence-corrected chi connectivity index (χ3v) is 3.99. The van der Waals surface area contributed by atoms with E-state index in [1.54, 1.807) is 0 Å². The summed E-state index contributed by atoms with van der Waals surface area (Å²) in [6.07, 6.45) is 20.2. The van der Waals surface area contributed by atoms with Gasteiger partial charge in [-0.25, -0.2) is 0 Å². The molecule has 0 heterocycles. The second-order valence-electron chi connectivity index (χ2n) is 6.09. The van der Waals surface area contributed by atoms with E-state index in [2.05, 4.69) is 6.92 Å². The van der Waals surface area contributed by atoms with Crippen LogP contribution in [-0.2, 0) is 4.79 Å². The fraction of sp³-hybridized carbons (Fsp3) is 0.944. The van der Waals surface area contributed by atoms with E-state index in [1.807, 2.05) is 0 Å². The molecule has 0 atom stereocenters. The summed E-state index contributed by atoms with van der Waals surface area (Å²) in [7, 11) is 0. The molecule has 0 aliphatic carbocycles. The second kappa shape index (κ2) is 27.5. The molecule has 0 aromatic rings. The SMILES string of the molecule is CCCCCCCCCCCCCCCCCC(=O)O.[Ca+2].[OH-].[OH-]. The Bertz CT molecular complexity index is 213. The Morgan fingerprint density at radius 2 is 0.870 bits per heavy atom. The third-order valence-electron chi connectivity index (χ3n) is 3.99. The summed E-state index contributed by atoms with van der Waals surface area (Å²) in [6.45, 7) is 2.27. The van der Waals surface area contributed by atoms with Crippen molar-refractivity contribution in [3.63, 3.8) is 0 Å². The number of unbranched alkanes of at least 4 members (excludes halogenated alkanes) is 14. The quantitative estimate of drug-likeness (QED) is 0.287. The van der Waals surface area contributed by atoms with Crippen LogP contribution in [0, 0.1) is 0 Å². The molecular formula is C18H38CaO4. The monoisotopic (exact) mass is 358 g/mol. The molecule has 0 radical (unpaired) electrons. The zero-order chi connectivity index (χ0) is 14.9. The van der Waals surface area contributed by atoms with Gasteiger partial charge in [0.15, 0.2) is 0 Å². The standard InChI is InChI=1S/C18H36O2.Ca.2H2O/c1-2-3-4-5-6-7-8-9-10-11-12-13-14-15-16-17-18(19)20;;;/h2-17H2,1H3,(H,19,20);;2*1H2/q;+2;;/p-2. The minimum atomic E-state index is -0.653. The normalized spacial score (nSPS) is 9.43. The van der Waals surface area contributed by atoms with E-state index in [4.69, 9.17) is 5.11 Å². The van der Waals surface area contributed by atoms with E-state index in [0.717, 1.165) is 12.8 Å². The minimum Gasteiger partial charge on any atom is -0.870 e. The first kappa shape index (κ1) is 31.4. The van der Waals surface area contributed by atoms with Gasteiger partial charge >= 0.3 is 43.7 Å². The van der Waals surface area contributed by atoms with Crippen LogP contribution in [0.25, 0.3) is 0 Å². The van der Waals surface area contributed by atoms with Gasteiger partial charge in [0.1, 0.15) is 0 Å². The molecule has 4 nitrogen and oxygen atoms in total. The molecule has 0 aromatic carbocycles. The van der Waals surface area contributed by atoms with Crippen molar-refractivity contribution in [2.45, 2.75) is 110 Å². The van der Waals surface area contributed by atoms with Gasteiger partial charge in [-0.05, 0) is 6.42 Å². The first-order valence-electron chi connectivity index (χ1n) is 8.99. The molecule has 0 rings (SSSR count). The van der Waals surface area contributed by atoms with Gasteiger partial charge in [0.25, 0.3) is 0 Å². The van der Waals surface area contributed by atoms with Crippen molar-refractivity contribution >= 4 is 43.7 Å². The molecule has 3 N–H and O–H groups in total. The summed E-state index contributed by atoms with van der Waals surface area (Å²) in [5.74, 6) is -0.653. The molecular weight excluding hydrogens is 320 g/mol. The fourth-order valence-electron chi connectivity index (χ4n) is 2.65. The molecule has 0 bridgehead atoms. The molecule has 0 aliphatic heterocycles. The van der Waals surface area contributed by atoms with Crippen LogP contribution in [0.4, 0.5) is 0 Å². The predicted molar refractivity (Wildman–Crippen MR) is 96.8 cm³/mol. The molecule has 0 aromatic heterocycles. The molecule has 0 amide bonds. The van der Waals surface area contributed by atoms with Gasteiger partial charge in [-0.1, -0.05) is 96.8 Å². The molecule has 0 saturated carbocycles. The van der Waals surface area contributed by atoms with E-state index in [0.29, 0.717) is 6.42 Å². The molecule has 0 aliphatic rings. The maximum Gasteiger partial charge on any atom is 2.00 e. The number of carboxylic acid groups (broad SMARTS) is 1.